The van der Waals surface area contributed by atoms with E-state index in [0.717, 1.165) is 12.8 Å². The van der Waals surface area contributed by atoms with Gasteiger partial charge in [0.2, 0.25) is 0 Å². The van der Waals surface area contributed by atoms with E-state index in [0.29, 0.717) is 11.5 Å². The second-order valence-electron chi connectivity index (χ2n) is 6.65. The molecule has 1 aromatic rings. The summed E-state index contributed by atoms with van der Waals surface area (Å²) >= 11 is 0. The van der Waals surface area contributed by atoms with Crippen molar-refractivity contribution < 1.29 is 5.11 Å². The van der Waals surface area contributed by atoms with E-state index in [-0.39, 0.29) is 17.2 Å². The number of rotatable bonds is 0. The molecule has 20 heavy (non-hydrogen) atoms. The number of nitrogens with zero attached hydrogens (tertiary/aromatic N) is 1. The summed E-state index contributed by atoms with van der Waals surface area (Å²) in [4.78, 5) is 0. The summed E-state index contributed by atoms with van der Waals surface area (Å²) < 4.78 is 0. The minimum atomic E-state index is -0.0653. The van der Waals surface area contributed by atoms with E-state index in [2.05, 4.69) is 13.0 Å². The van der Waals surface area contributed by atoms with Crippen LogP contribution in [0.2, 0.25) is 0 Å². The molecule has 0 aromatic heterocycles. The predicted octanol–water partition coefficient (Wildman–Crippen LogP) is 2.99. The van der Waals surface area contributed by atoms with Crippen LogP contribution in [-0.4, -0.2) is 11.1 Å². The first-order valence-corrected chi connectivity index (χ1v) is 7.58. The van der Waals surface area contributed by atoms with Crippen LogP contribution in [-0.2, 0) is 11.8 Å². The topological polar surface area (TPSA) is 70.0 Å². The lowest BCUT2D eigenvalue weighted by molar-refractivity contribution is 0.201. The van der Waals surface area contributed by atoms with Gasteiger partial charge in [-0.1, -0.05) is 26.2 Å². The smallest absolute Gasteiger partial charge is 0.133 e. The van der Waals surface area contributed by atoms with Crippen molar-refractivity contribution in [3.05, 3.63) is 28.8 Å². The molecule has 2 aliphatic rings. The molecular formula is C17H22N2O. The fourth-order valence-corrected chi connectivity index (χ4v) is 4.19. The molecular weight excluding hydrogens is 248 g/mol. The third kappa shape index (κ3) is 1.91. The number of nitriles is 1. The number of phenolic OH excluding ortho intramolecular Hbond substituents is 1. The highest BCUT2D eigenvalue weighted by Gasteiger charge is 2.44. The second-order valence-corrected chi connectivity index (χ2v) is 6.65. The van der Waals surface area contributed by atoms with Crippen molar-refractivity contribution in [2.24, 2.45) is 11.7 Å². The monoisotopic (exact) mass is 270 g/mol. The van der Waals surface area contributed by atoms with Gasteiger partial charge in [-0.15, -0.1) is 0 Å². The van der Waals surface area contributed by atoms with Crippen LogP contribution < -0.4 is 5.73 Å². The van der Waals surface area contributed by atoms with Gasteiger partial charge in [-0.2, -0.15) is 5.26 Å². The highest BCUT2D eigenvalue weighted by molar-refractivity contribution is 5.52. The molecule has 0 heterocycles. The Kier molecular flexibility index (Phi) is 3.22. The minimum Gasteiger partial charge on any atom is -0.507 e. The number of aromatic hydroxyl groups is 1. The van der Waals surface area contributed by atoms with Gasteiger partial charge < -0.3 is 10.8 Å². The zero-order chi connectivity index (χ0) is 14.3. The minimum absolute atomic E-state index is 0.0653. The van der Waals surface area contributed by atoms with Gasteiger partial charge in [0.05, 0.1) is 5.56 Å². The Bertz CT molecular complexity index is 575. The van der Waals surface area contributed by atoms with Crippen LogP contribution in [0.25, 0.3) is 0 Å². The average Bonchev–Trinajstić information content (AvgIpc) is 2.43. The summed E-state index contributed by atoms with van der Waals surface area (Å²) in [6.45, 7) is 2.24. The zero-order valence-electron chi connectivity index (χ0n) is 12.0. The molecule has 106 valence electrons. The molecule has 3 rings (SSSR count). The van der Waals surface area contributed by atoms with E-state index in [1.54, 1.807) is 6.07 Å². The second kappa shape index (κ2) is 4.79. The normalized spacial score (nSPS) is 32.6. The van der Waals surface area contributed by atoms with Gasteiger partial charge in [0, 0.05) is 11.5 Å². The molecule has 2 aliphatic carbocycles. The first kappa shape index (κ1) is 13.5. The van der Waals surface area contributed by atoms with E-state index in [9.17, 15) is 5.11 Å². The maximum Gasteiger partial charge on any atom is 0.133 e. The average molecular weight is 270 g/mol. The number of benzene rings is 1. The van der Waals surface area contributed by atoms with Crippen LogP contribution in [0.1, 0.15) is 55.7 Å². The highest BCUT2D eigenvalue weighted by atomic mass is 16.3. The lowest BCUT2D eigenvalue weighted by Gasteiger charge is -2.47. The van der Waals surface area contributed by atoms with Crippen LogP contribution in [0.3, 0.4) is 0 Å². The van der Waals surface area contributed by atoms with E-state index in [1.165, 1.54) is 36.8 Å². The summed E-state index contributed by atoms with van der Waals surface area (Å²) in [5.41, 5.74) is 9.28. The lowest BCUT2D eigenvalue weighted by atomic mass is 9.60. The summed E-state index contributed by atoms with van der Waals surface area (Å²) in [5.74, 6) is 0.601. The highest BCUT2D eigenvalue weighted by Crippen LogP contribution is 2.46. The standard InChI is InChI=1S/C17H22N2O/c1-17-6-4-2-3-5-11(16(17)19)7-12-8-13(10-18)15(20)9-14(12)17/h8-9,11,16,20H,2-7,19H2,1H3. The van der Waals surface area contributed by atoms with E-state index in [4.69, 9.17) is 11.0 Å². The number of phenols is 1. The molecule has 0 amide bonds. The fourth-order valence-electron chi connectivity index (χ4n) is 4.19. The molecule has 3 N–H and O–H groups in total. The van der Waals surface area contributed by atoms with Gasteiger partial charge in [-0.05, 0) is 48.4 Å². The Hall–Kier alpha value is -1.53. The van der Waals surface area contributed by atoms with Crippen LogP contribution >= 0.6 is 0 Å². The van der Waals surface area contributed by atoms with Crippen molar-refractivity contribution in [3.63, 3.8) is 0 Å². The first-order valence-electron chi connectivity index (χ1n) is 7.58. The van der Waals surface area contributed by atoms with Crippen molar-refractivity contribution in [2.45, 2.75) is 56.9 Å². The molecule has 2 bridgehead atoms. The number of hydrogen-bond acceptors (Lipinski definition) is 3. The molecule has 3 heteroatoms. The van der Waals surface area contributed by atoms with Crippen LogP contribution in [0.4, 0.5) is 0 Å². The number of nitrogens with two attached hydrogens (primary N) is 1. The SMILES string of the molecule is CC12CCCCCC(Cc3cc(C#N)c(O)cc31)C2N. The third-order valence-corrected chi connectivity index (χ3v) is 5.45. The Morgan fingerprint density at radius 2 is 2.15 bits per heavy atom. The Morgan fingerprint density at radius 1 is 1.35 bits per heavy atom. The molecule has 1 aromatic carbocycles. The number of fused-ring (bicyclic) bond motifs is 4. The first-order chi connectivity index (χ1) is 9.56. The molecule has 3 unspecified atom stereocenters. The molecule has 0 radical (unpaired) electrons. The van der Waals surface area contributed by atoms with Gasteiger partial charge in [-0.25, -0.2) is 0 Å². The summed E-state index contributed by atoms with van der Waals surface area (Å²) in [6, 6.07) is 5.91. The maximum absolute atomic E-state index is 10.0. The summed E-state index contributed by atoms with van der Waals surface area (Å²) in [5, 5.41) is 19.1. The molecule has 3 atom stereocenters. The van der Waals surface area contributed by atoms with Gasteiger partial charge in [0.15, 0.2) is 0 Å². The molecule has 0 aliphatic heterocycles. The van der Waals surface area contributed by atoms with Gasteiger partial charge >= 0.3 is 0 Å². The molecule has 3 nitrogen and oxygen atoms in total. The van der Waals surface area contributed by atoms with Crippen molar-refractivity contribution in [1.82, 2.24) is 0 Å². The Balaban J connectivity index is 2.16. The van der Waals surface area contributed by atoms with Crippen molar-refractivity contribution >= 4 is 0 Å². The maximum atomic E-state index is 10.0. The summed E-state index contributed by atoms with van der Waals surface area (Å²) in [7, 11) is 0. The fraction of sp³-hybridized carbons (Fsp3) is 0.588. The van der Waals surface area contributed by atoms with Crippen LogP contribution in [0.5, 0.6) is 5.75 Å². The van der Waals surface area contributed by atoms with Gasteiger partial charge in [-0.3, -0.25) is 0 Å². The third-order valence-electron chi connectivity index (χ3n) is 5.45. The molecule has 1 fully saturated rings. The molecule has 0 saturated heterocycles. The Labute approximate surface area is 120 Å². The lowest BCUT2D eigenvalue weighted by Crippen LogP contribution is -2.52. The van der Waals surface area contributed by atoms with Gasteiger partial charge in [0.1, 0.15) is 11.8 Å². The Morgan fingerprint density at radius 3 is 2.90 bits per heavy atom. The van der Waals surface area contributed by atoms with Crippen LogP contribution in [0.15, 0.2) is 12.1 Å². The number of hydrogen-bond donors (Lipinski definition) is 2. The quantitative estimate of drug-likeness (QED) is 0.761. The largest absolute Gasteiger partial charge is 0.507 e. The van der Waals surface area contributed by atoms with Crippen LogP contribution in [0, 0.1) is 17.2 Å². The van der Waals surface area contributed by atoms with Gasteiger partial charge in [0.25, 0.3) is 0 Å². The van der Waals surface area contributed by atoms with Crippen molar-refractivity contribution in [1.29, 1.82) is 5.26 Å². The zero-order valence-corrected chi connectivity index (χ0v) is 12.0. The molecule has 1 saturated carbocycles. The van der Waals surface area contributed by atoms with E-state index >= 15 is 0 Å². The predicted molar refractivity (Wildman–Crippen MR) is 78.4 cm³/mol. The summed E-state index contributed by atoms with van der Waals surface area (Å²) in [6.07, 6.45) is 6.92. The molecule has 0 spiro atoms. The van der Waals surface area contributed by atoms with E-state index < -0.39 is 0 Å². The van der Waals surface area contributed by atoms with Crippen molar-refractivity contribution in [2.75, 3.05) is 0 Å². The van der Waals surface area contributed by atoms with Crippen molar-refractivity contribution in [3.8, 4) is 11.8 Å². The van der Waals surface area contributed by atoms with E-state index in [1.807, 2.05) is 6.07 Å².